The van der Waals surface area contributed by atoms with E-state index in [1.165, 1.54) is 6.26 Å². The maximum absolute atomic E-state index is 10.8. The van der Waals surface area contributed by atoms with E-state index >= 15 is 0 Å². The second-order valence-corrected chi connectivity index (χ2v) is 5.15. The van der Waals surface area contributed by atoms with Crippen LogP contribution in [0.25, 0.3) is 0 Å². The number of sulfone groups is 1. The van der Waals surface area contributed by atoms with E-state index in [1.807, 2.05) is 0 Å². The Kier molecular flexibility index (Phi) is 5.70. The fourth-order valence-corrected chi connectivity index (χ4v) is 1.60. The SMILES string of the molecule is CCOC(=O)CCCCS(C)(=O)=O. The maximum atomic E-state index is 10.8. The number of carbonyl (C=O) groups is 1. The lowest BCUT2D eigenvalue weighted by Crippen LogP contribution is -2.06. The Morgan fingerprint density at radius 2 is 1.92 bits per heavy atom. The summed E-state index contributed by atoms with van der Waals surface area (Å²) in [5.74, 6) is -0.108. The number of rotatable bonds is 6. The van der Waals surface area contributed by atoms with Gasteiger partial charge in [0.15, 0.2) is 0 Å². The molecule has 0 amide bonds. The van der Waals surface area contributed by atoms with Crippen molar-refractivity contribution in [2.75, 3.05) is 18.6 Å². The third-order valence-electron chi connectivity index (χ3n) is 1.45. The van der Waals surface area contributed by atoms with E-state index in [9.17, 15) is 13.2 Å². The quantitative estimate of drug-likeness (QED) is 0.477. The standard InChI is InChI=1S/C8H16O4S/c1-3-12-8(9)6-4-5-7-13(2,10)11/h3-7H2,1-2H3. The van der Waals surface area contributed by atoms with Crippen molar-refractivity contribution in [3.05, 3.63) is 0 Å². The van der Waals surface area contributed by atoms with Gasteiger partial charge in [0, 0.05) is 18.4 Å². The van der Waals surface area contributed by atoms with Crippen LogP contribution >= 0.6 is 0 Å². The summed E-state index contributed by atoms with van der Waals surface area (Å²) in [6.45, 7) is 2.12. The Hall–Kier alpha value is -0.580. The molecule has 0 aliphatic carbocycles. The van der Waals surface area contributed by atoms with Gasteiger partial charge in [-0.05, 0) is 19.8 Å². The van der Waals surface area contributed by atoms with Gasteiger partial charge in [0.1, 0.15) is 9.84 Å². The molecule has 0 fully saturated rings. The number of ether oxygens (including phenoxy) is 1. The lowest BCUT2D eigenvalue weighted by molar-refractivity contribution is -0.143. The van der Waals surface area contributed by atoms with Crippen molar-refractivity contribution >= 4 is 15.8 Å². The molecule has 0 radical (unpaired) electrons. The minimum Gasteiger partial charge on any atom is -0.466 e. The first kappa shape index (κ1) is 12.4. The molecule has 0 unspecified atom stereocenters. The highest BCUT2D eigenvalue weighted by molar-refractivity contribution is 7.90. The van der Waals surface area contributed by atoms with Crippen LogP contribution in [0.1, 0.15) is 26.2 Å². The first-order valence-corrected chi connectivity index (χ1v) is 6.35. The Morgan fingerprint density at radius 3 is 2.38 bits per heavy atom. The van der Waals surface area contributed by atoms with Gasteiger partial charge < -0.3 is 4.74 Å². The Balaban J connectivity index is 3.41. The number of unbranched alkanes of at least 4 members (excludes halogenated alkanes) is 1. The maximum Gasteiger partial charge on any atom is 0.305 e. The fourth-order valence-electron chi connectivity index (χ4n) is 0.867. The average molecular weight is 208 g/mol. The van der Waals surface area contributed by atoms with Crippen molar-refractivity contribution in [3.8, 4) is 0 Å². The molecule has 0 rings (SSSR count). The molecule has 4 nitrogen and oxygen atoms in total. The van der Waals surface area contributed by atoms with Gasteiger partial charge in [-0.15, -0.1) is 0 Å². The summed E-state index contributed by atoms with van der Waals surface area (Å²) < 4.78 is 26.1. The van der Waals surface area contributed by atoms with Gasteiger partial charge in [-0.3, -0.25) is 4.79 Å². The van der Waals surface area contributed by atoms with E-state index in [0.29, 0.717) is 25.9 Å². The third-order valence-corrected chi connectivity index (χ3v) is 2.48. The van der Waals surface area contributed by atoms with Crippen LogP contribution in [-0.4, -0.2) is 33.0 Å². The van der Waals surface area contributed by atoms with Crippen LogP contribution in [0.15, 0.2) is 0 Å². The molecule has 0 saturated carbocycles. The molecule has 78 valence electrons. The zero-order chi connectivity index (χ0) is 10.3. The summed E-state index contributed by atoms with van der Waals surface area (Å²) in [4.78, 5) is 10.8. The van der Waals surface area contributed by atoms with Gasteiger partial charge in [0.25, 0.3) is 0 Å². The normalized spacial score (nSPS) is 11.2. The van der Waals surface area contributed by atoms with E-state index in [1.54, 1.807) is 6.92 Å². The molecule has 0 saturated heterocycles. The second kappa shape index (κ2) is 5.96. The molecular weight excluding hydrogens is 192 g/mol. The smallest absolute Gasteiger partial charge is 0.305 e. The number of hydrogen-bond acceptors (Lipinski definition) is 4. The largest absolute Gasteiger partial charge is 0.466 e. The monoisotopic (exact) mass is 208 g/mol. The van der Waals surface area contributed by atoms with Crippen LogP contribution in [0.4, 0.5) is 0 Å². The summed E-state index contributed by atoms with van der Waals surface area (Å²) in [5.41, 5.74) is 0. The Labute approximate surface area is 79.2 Å². The van der Waals surface area contributed by atoms with Crippen LogP contribution in [0.5, 0.6) is 0 Å². The van der Waals surface area contributed by atoms with Crippen LogP contribution in [0.3, 0.4) is 0 Å². The molecule has 0 aromatic heterocycles. The lowest BCUT2D eigenvalue weighted by Gasteiger charge is -2.00. The van der Waals surface area contributed by atoms with Crippen LogP contribution in [0.2, 0.25) is 0 Å². The summed E-state index contributed by atoms with van der Waals surface area (Å²) in [5, 5.41) is 0. The molecule has 0 aromatic carbocycles. The van der Waals surface area contributed by atoms with Gasteiger partial charge in [-0.25, -0.2) is 8.42 Å². The van der Waals surface area contributed by atoms with Gasteiger partial charge in [0.2, 0.25) is 0 Å². The van der Waals surface area contributed by atoms with Crippen molar-refractivity contribution < 1.29 is 17.9 Å². The van der Waals surface area contributed by atoms with Gasteiger partial charge in [-0.2, -0.15) is 0 Å². The summed E-state index contributed by atoms with van der Waals surface area (Å²) >= 11 is 0. The summed E-state index contributed by atoms with van der Waals surface area (Å²) in [6.07, 6.45) is 2.60. The molecule has 0 spiro atoms. The molecule has 0 aliphatic rings. The third kappa shape index (κ3) is 9.33. The molecule has 0 bridgehead atoms. The molecule has 0 N–H and O–H groups in total. The van der Waals surface area contributed by atoms with Gasteiger partial charge in [-0.1, -0.05) is 0 Å². The van der Waals surface area contributed by atoms with Crippen molar-refractivity contribution in [2.24, 2.45) is 0 Å². The van der Waals surface area contributed by atoms with Crippen LogP contribution < -0.4 is 0 Å². The highest BCUT2D eigenvalue weighted by Crippen LogP contribution is 2.00. The van der Waals surface area contributed by atoms with Crippen molar-refractivity contribution in [1.29, 1.82) is 0 Å². The van der Waals surface area contributed by atoms with E-state index in [0.717, 1.165) is 0 Å². The van der Waals surface area contributed by atoms with Crippen LogP contribution in [0, 0.1) is 0 Å². The molecule has 13 heavy (non-hydrogen) atoms. The van der Waals surface area contributed by atoms with Crippen molar-refractivity contribution in [3.63, 3.8) is 0 Å². The summed E-state index contributed by atoms with van der Waals surface area (Å²) in [6, 6.07) is 0. The van der Waals surface area contributed by atoms with Crippen LogP contribution in [-0.2, 0) is 19.4 Å². The van der Waals surface area contributed by atoms with Gasteiger partial charge >= 0.3 is 5.97 Å². The van der Waals surface area contributed by atoms with E-state index in [4.69, 9.17) is 0 Å². The predicted octanol–water partition coefficient (Wildman–Crippen LogP) is 0.764. The van der Waals surface area contributed by atoms with Crippen molar-refractivity contribution in [1.82, 2.24) is 0 Å². The molecular formula is C8H16O4S. The topological polar surface area (TPSA) is 60.4 Å². The first-order chi connectivity index (χ1) is 5.95. The molecule has 0 aromatic rings. The van der Waals surface area contributed by atoms with E-state index in [2.05, 4.69) is 4.74 Å². The van der Waals surface area contributed by atoms with E-state index in [-0.39, 0.29) is 11.7 Å². The number of esters is 1. The van der Waals surface area contributed by atoms with E-state index < -0.39 is 9.84 Å². The van der Waals surface area contributed by atoms with Gasteiger partial charge in [0.05, 0.1) is 6.61 Å². The minimum atomic E-state index is -2.89. The molecule has 5 heteroatoms. The highest BCUT2D eigenvalue weighted by Gasteiger charge is 2.04. The number of hydrogen-bond donors (Lipinski definition) is 0. The average Bonchev–Trinajstić information content (AvgIpc) is 1.97. The zero-order valence-electron chi connectivity index (χ0n) is 8.08. The Bertz CT molecular complexity index is 243. The first-order valence-electron chi connectivity index (χ1n) is 4.29. The van der Waals surface area contributed by atoms with Crippen molar-refractivity contribution in [2.45, 2.75) is 26.2 Å². The second-order valence-electron chi connectivity index (χ2n) is 2.89. The minimum absolute atomic E-state index is 0.145. The summed E-state index contributed by atoms with van der Waals surface area (Å²) in [7, 11) is -2.89. The Morgan fingerprint density at radius 1 is 1.31 bits per heavy atom. The lowest BCUT2D eigenvalue weighted by atomic mass is 10.2. The molecule has 0 aliphatic heterocycles. The fraction of sp³-hybridized carbons (Fsp3) is 0.875. The molecule has 0 atom stereocenters. The predicted molar refractivity (Wildman–Crippen MR) is 50.2 cm³/mol. The number of carbonyl (C=O) groups excluding carboxylic acids is 1. The zero-order valence-corrected chi connectivity index (χ0v) is 8.89. The molecule has 0 heterocycles. The highest BCUT2D eigenvalue weighted by atomic mass is 32.2.